The number of hydrogen-bond donors (Lipinski definition) is 2. The molecule has 1 amide bonds. The van der Waals surface area contributed by atoms with E-state index in [1.54, 1.807) is 12.1 Å². The topological polar surface area (TPSA) is 76.1 Å². The van der Waals surface area contributed by atoms with E-state index >= 15 is 0 Å². The van der Waals surface area contributed by atoms with Crippen LogP contribution < -0.4 is 15.4 Å². The van der Waals surface area contributed by atoms with Gasteiger partial charge in [-0.3, -0.25) is 4.79 Å². The van der Waals surface area contributed by atoms with E-state index in [-0.39, 0.29) is 6.54 Å². The van der Waals surface area contributed by atoms with E-state index in [4.69, 9.17) is 11.6 Å². The lowest BCUT2D eigenvalue weighted by Gasteiger charge is -2.14. The van der Waals surface area contributed by atoms with Gasteiger partial charge in [-0.2, -0.15) is 13.2 Å². The third-order valence-electron chi connectivity index (χ3n) is 3.99. The maximum atomic E-state index is 13.5. The van der Waals surface area contributed by atoms with Gasteiger partial charge in [-0.15, -0.1) is 13.2 Å². The number of ether oxygens (including phenoxy) is 1. The monoisotopic (exact) mass is 490 g/mol. The highest BCUT2D eigenvalue weighted by atomic mass is 35.5. The molecule has 0 aliphatic carbocycles. The summed E-state index contributed by atoms with van der Waals surface area (Å²) in [4.78, 5) is 19.5. The Labute approximate surface area is 187 Å². The van der Waals surface area contributed by atoms with Crippen LogP contribution >= 0.6 is 11.6 Å². The standard InChI is InChI=1S/C20H13ClF6N4O2/c21-12-2-1-3-13(8-12)30-18-29-10-15(16(31-18)19(22,23)24)17(32)28-9-11-4-6-14(7-5-11)33-20(25,26)27/h1-8,10H,9H2,(H,28,32)(H,29,30,31). The largest absolute Gasteiger partial charge is 0.573 e. The Morgan fingerprint density at radius 2 is 1.73 bits per heavy atom. The number of rotatable bonds is 6. The molecule has 2 N–H and O–H groups in total. The Balaban J connectivity index is 1.74. The first kappa shape index (κ1) is 24.1. The normalized spacial score (nSPS) is 11.7. The van der Waals surface area contributed by atoms with Gasteiger partial charge in [-0.25, -0.2) is 9.97 Å². The molecule has 2 aromatic carbocycles. The molecule has 0 unspecified atom stereocenters. The van der Waals surface area contributed by atoms with Crippen LogP contribution in [0, 0.1) is 0 Å². The number of benzene rings is 2. The van der Waals surface area contributed by atoms with Gasteiger partial charge in [0, 0.05) is 23.5 Å². The van der Waals surface area contributed by atoms with Crippen LogP contribution in [-0.2, 0) is 12.7 Å². The predicted octanol–water partition coefficient (Wildman–Crippen LogP) is 5.72. The smallest absolute Gasteiger partial charge is 0.406 e. The number of nitrogens with zero attached hydrogens (tertiary/aromatic N) is 2. The number of amides is 1. The van der Waals surface area contributed by atoms with Crippen LogP contribution in [0.4, 0.5) is 38.0 Å². The second-order valence-corrected chi connectivity index (χ2v) is 6.90. The number of carbonyl (C=O) groups is 1. The minimum absolute atomic E-state index is 0.259. The van der Waals surface area contributed by atoms with E-state index in [1.807, 2.05) is 0 Å². The number of nitrogens with one attached hydrogen (secondary N) is 2. The number of hydrogen-bond acceptors (Lipinski definition) is 5. The van der Waals surface area contributed by atoms with Crippen molar-refractivity contribution < 1.29 is 35.9 Å². The van der Waals surface area contributed by atoms with Crippen LogP contribution in [-0.4, -0.2) is 22.2 Å². The van der Waals surface area contributed by atoms with Crippen molar-refractivity contribution in [3.63, 3.8) is 0 Å². The molecule has 0 bridgehead atoms. The van der Waals surface area contributed by atoms with Gasteiger partial charge in [0.05, 0.1) is 5.56 Å². The van der Waals surface area contributed by atoms with Crippen LogP contribution in [0.25, 0.3) is 0 Å². The maximum Gasteiger partial charge on any atom is 0.573 e. The zero-order valence-corrected chi connectivity index (χ0v) is 17.0. The summed E-state index contributed by atoms with van der Waals surface area (Å²) in [6.07, 6.45) is -9.10. The van der Waals surface area contributed by atoms with Crippen molar-refractivity contribution in [3.05, 3.63) is 76.6 Å². The van der Waals surface area contributed by atoms with Crippen molar-refractivity contribution in [3.8, 4) is 5.75 Å². The molecule has 1 heterocycles. The summed E-state index contributed by atoms with van der Waals surface area (Å²) >= 11 is 5.83. The summed E-state index contributed by atoms with van der Waals surface area (Å²) in [5.41, 5.74) is -1.62. The highest BCUT2D eigenvalue weighted by molar-refractivity contribution is 6.30. The fourth-order valence-corrected chi connectivity index (χ4v) is 2.80. The van der Waals surface area contributed by atoms with Gasteiger partial charge in [-0.1, -0.05) is 29.8 Å². The Morgan fingerprint density at radius 1 is 1.03 bits per heavy atom. The third kappa shape index (κ3) is 6.97. The molecule has 1 aromatic heterocycles. The maximum absolute atomic E-state index is 13.5. The highest BCUT2D eigenvalue weighted by Gasteiger charge is 2.38. The number of halogens is 7. The first-order chi connectivity index (χ1) is 15.4. The summed E-state index contributed by atoms with van der Waals surface area (Å²) in [6.45, 7) is -0.259. The Morgan fingerprint density at radius 3 is 2.33 bits per heavy atom. The molecular formula is C20H13ClF6N4O2. The first-order valence-corrected chi connectivity index (χ1v) is 9.38. The van der Waals surface area contributed by atoms with Gasteiger partial charge >= 0.3 is 12.5 Å². The number of aromatic nitrogens is 2. The quantitative estimate of drug-likeness (QED) is 0.432. The van der Waals surface area contributed by atoms with Gasteiger partial charge in [0.15, 0.2) is 5.69 Å². The van der Waals surface area contributed by atoms with Crippen molar-refractivity contribution in [1.82, 2.24) is 15.3 Å². The Kier molecular flexibility index (Phi) is 6.96. The molecule has 0 saturated heterocycles. The molecule has 3 aromatic rings. The van der Waals surface area contributed by atoms with Crippen molar-refractivity contribution in [2.24, 2.45) is 0 Å². The molecule has 0 aliphatic heterocycles. The summed E-state index contributed by atoms with van der Waals surface area (Å²) < 4.78 is 80.8. The number of carbonyl (C=O) groups excluding carboxylic acids is 1. The van der Waals surface area contributed by atoms with Crippen LogP contribution in [0.15, 0.2) is 54.7 Å². The molecule has 3 rings (SSSR count). The highest BCUT2D eigenvalue weighted by Crippen LogP contribution is 2.31. The molecule has 0 aliphatic rings. The fourth-order valence-electron chi connectivity index (χ4n) is 2.61. The van der Waals surface area contributed by atoms with Crippen molar-refractivity contribution in [2.45, 2.75) is 19.1 Å². The molecule has 6 nitrogen and oxygen atoms in total. The zero-order chi connectivity index (χ0) is 24.2. The molecule has 0 spiro atoms. The Bertz CT molecular complexity index is 1140. The van der Waals surface area contributed by atoms with Crippen molar-refractivity contribution >= 4 is 29.1 Å². The first-order valence-electron chi connectivity index (χ1n) is 9.00. The Hall–Kier alpha value is -3.54. The average molecular weight is 491 g/mol. The molecule has 0 saturated carbocycles. The summed E-state index contributed by atoms with van der Waals surface area (Å²) in [5, 5.41) is 5.16. The summed E-state index contributed by atoms with van der Waals surface area (Å²) in [6, 6.07) is 10.6. The van der Waals surface area contributed by atoms with E-state index in [1.165, 1.54) is 24.3 Å². The second kappa shape index (κ2) is 9.53. The van der Waals surface area contributed by atoms with Crippen molar-refractivity contribution in [2.75, 3.05) is 5.32 Å². The van der Waals surface area contributed by atoms with Gasteiger partial charge in [0.2, 0.25) is 5.95 Å². The lowest BCUT2D eigenvalue weighted by molar-refractivity contribution is -0.274. The number of anilines is 2. The van der Waals surface area contributed by atoms with Crippen molar-refractivity contribution in [1.29, 1.82) is 0 Å². The minimum atomic E-state index is -4.96. The van der Waals surface area contributed by atoms with Crippen LogP contribution in [0.5, 0.6) is 5.75 Å². The average Bonchev–Trinajstić information content (AvgIpc) is 2.71. The van der Waals surface area contributed by atoms with Gasteiger partial charge in [0.1, 0.15) is 5.75 Å². The number of alkyl halides is 6. The van der Waals surface area contributed by atoms with E-state index in [0.717, 1.165) is 18.3 Å². The molecule has 33 heavy (non-hydrogen) atoms. The minimum Gasteiger partial charge on any atom is -0.406 e. The summed E-state index contributed by atoms with van der Waals surface area (Å²) in [5.74, 6) is -2.00. The fraction of sp³-hybridized carbons (Fsp3) is 0.150. The van der Waals surface area contributed by atoms with E-state index < -0.39 is 41.4 Å². The van der Waals surface area contributed by atoms with E-state index in [2.05, 4.69) is 25.3 Å². The zero-order valence-electron chi connectivity index (χ0n) is 16.3. The molecule has 0 atom stereocenters. The lowest BCUT2D eigenvalue weighted by atomic mass is 10.2. The molecule has 0 radical (unpaired) electrons. The van der Waals surface area contributed by atoms with Gasteiger partial charge < -0.3 is 15.4 Å². The molecule has 174 valence electrons. The van der Waals surface area contributed by atoms with E-state index in [9.17, 15) is 31.1 Å². The second-order valence-electron chi connectivity index (χ2n) is 6.46. The predicted molar refractivity (Wildman–Crippen MR) is 106 cm³/mol. The van der Waals surface area contributed by atoms with Gasteiger partial charge in [0.25, 0.3) is 5.91 Å². The SMILES string of the molecule is O=C(NCc1ccc(OC(F)(F)F)cc1)c1cnc(Nc2cccc(Cl)c2)nc1C(F)(F)F. The molecule has 13 heteroatoms. The summed E-state index contributed by atoms with van der Waals surface area (Å²) in [7, 11) is 0. The molecule has 0 fully saturated rings. The lowest BCUT2D eigenvalue weighted by Crippen LogP contribution is -2.27. The third-order valence-corrected chi connectivity index (χ3v) is 4.23. The van der Waals surface area contributed by atoms with Crippen LogP contribution in [0.2, 0.25) is 5.02 Å². The van der Waals surface area contributed by atoms with Crippen LogP contribution in [0.3, 0.4) is 0 Å². The molecular weight excluding hydrogens is 478 g/mol. The van der Waals surface area contributed by atoms with E-state index in [0.29, 0.717) is 16.3 Å². The van der Waals surface area contributed by atoms with Crippen LogP contribution in [0.1, 0.15) is 21.6 Å². The van der Waals surface area contributed by atoms with Gasteiger partial charge in [-0.05, 0) is 35.9 Å².